The molecular formula is C19H19NO4. The van der Waals surface area contributed by atoms with Crippen LogP contribution in [0.2, 0.25) is 0 Å². The lowest BCUT2D eigenvalue weighted by Gasteiger charge is -2.32. The highest BCUT2D eigenvalue weighted by atomic mass is 16.7. The third kappa shape index (κ3) is 2.61. The zero-order valence-corrected chi connectivity index (χ0v) is 14.1. The van der Waals surface area contributed by atoms with Gasteiger partial charge in [0.2, 0.25) is 0 Å². The van der Waals surface area contributed by atoms with E-state index in [-0.39, 0.29) is 11.2 Å². The van der Waals surface area contributed by atoms with Gasteiger partial charge in [-0.1, -0.05) is 32.9 Å². The van der Waals surface area contributed by atoms with E-state index in [1.807, 2.05) is 20.8 Å². The van der Waals surface area contributed by atoms with Crippen LogP contribution in [0, 0.1) is 5.41 Å². The second kappa shape index (κ2) is 5.24. The molecule has 1 heterocycles. The number of fused-ring (bicyclic) bond motifs is 1. The van der Waals surface area contributed by atoms with Crippen molar-refractivity contribution in [2.45, 2.75) is 33.3 Å². The molecule has 0 aromatic heterocycles. The number of carbonyl (C=O) groups excluding carboxylic acids is 3. The number of rotatable bonds is 2. The Hall–Kier alpha value is -2.53. The van der Waals surface area contributed by atoms with Crippen molar-refractivity contribution in [1.82, 2.24) is 5.06 Å². The standard InChI is InChI=1S/C19H19NO4/c1-18(2,3)14-11-19(4,10-9-15(14)21)24-20-16(22)12-7-5-6-8-13(12)17(20)23/h5-11H,1-4H3. The number of benzene rings is 1. The van der Waals surface area contributed by atoms with Crippen LogP contribution in [0.1, 0.15) is 48.4 Å². The Morgan fingerprint density at radius 1 is 1.00 bits per heavy atom. The predicted octanol–water partition coefficient (Wildman–Crippen LogP) is 3.08. The summed E-state index contributed by atoms with van der Waals surface area (Å²) in [5.74, 6) is -1.08. The average Bonchev–Trinajstić information content (AvgIpc) is 2.75. The van der Waals surface area contributed by atoms with E-state index < -0.39 is 17.4 Å². The van der Waals surface area contributed by atoms with E-state index in [9.17, 15) is 14.4 Å². The number of carbonyl (C=O) groups is 3. The van der Waals surface area contributed by atoms with Crippen LogP contribution < -0.4 is 0 Å². The molecule has 1 aromatic carbocycles. The number of ketones is 1. The van der Waals surface area contributed by atoms with Gasteiger partial charge in [-0.05, 0) is 42.7 Å². The molecule has 24 heavy (non-hydrogen) atoms. The molecule has 0 bridgehead atoms. The molecule has 1 aliphatic carbocycles. The maximum atomic E-state index is 12.4. The first-order valence-corrected chi connectivity index (χ1v) is 7.76. The van der Waals surface area contributed by atoms with Crippen LogP contribution in [0.15, 0.2) is 48.1 Å². The molecule has 0 N–H and O–H groups in total. The Morgan fingerprint density at radius 2 is 1.54 bits per heavy atom. The summed E-state index contributed by atoms with van der Waals surface area (Å²) in [4.78, 5) is 42.7. The summed E-state index contributed by atoms with van der Waals surface area (Å²) < 4.78 is 0. The molecule has 5 heteroatoms. The van der Waals surface area contributed by atoms with Crippen molar-refractivity contribution in [3.8, 4) is 0 Å². The van der Waals surface area contributed by atoms with Crippen LogP contribution in [0.3, 0.4) is 0 Å². The number of hydrogen-bond acceptors (Lipinski definition) is 4. The second-order valence-corrected chi connectivity index (χ2v) is 7.23. The maximum absolute atomic E-state index is 12.4. The molecule has 1 aliphatic heterocycles. The summed E-state index contributed by atoms with van der Waals surface area (Å²) in [5.41, 5.74) is -0.189. The van der Waals surface area contributed by atoms with Crippen LogP contribution in [-0.2, 0) is 9.63 Å². The van der Waals surface area contributed by atoms with Crippen LogP contribution >= 0.6 is 0 Å². The number of imide groups is 1. The highest BCUT2D eigenvalue weighted by molar-refractivity contribution is 6.20. The first kappa shape index (κ1) is 16.3. The van der Waals surface area contributed by atoms with Gasteiger partial charge in [0.05, 0.1) is 11.1 Å². The van der Waals surface area contributed by atoms with Gasteiger partial charge in [0.25, 0.3) is 11.8 Å². The molecule has 0 saturated heterocycles. The quantitative estimate of drug-likeness (QED) is 0.784. The summed E-state index contributed by atoms with van der Waals surface area (Å²) in [6.07, 6.45) is 4.67. The van der Waals surface area contributed by atoms with Gasteiger partial charge in [-0.25, -0.2) is 4.84 Å². The predicted molar refractivity (Wildman–Crippen MR) is 88.1 cm³/mol. The van der Waals surface area contributed by atoms with E-state index in [4.69, 9.17) is 4.84 Å². The lowest BCUT2D eigenvalue weighted by molar-refractivity contribution is -0.143. The Kier molecular flexibility index (Phi) is 3.57. The first-order chi connectivity index (χ1) is 11.1. The first-order valence-electron chi connectivity index (χ1n) is 7.76. The lowest BCUT2D eigenvalue weighted by atomic mass is 9.78. The molecule has 1 aromatic rings. The van der Waals surface area contributed by atoms with Crippen LogP contribution in [-0.4, -0.2) is 28.3 Å². The fourth-order valence-corrected chi connectivity index (χ4v) is 2.83. The highest BCUT2D eigenvalue weighted by Gasteiger charge is 2.41. The Labute approximate surface area is 140 Å². The van der Waals surface area contributed by atoms with E-state index in [0.29, 0.717) is 16.7 Å². The van der Waals surface area contributed by atoms with Gasteiger partial charge >= 0.3 is 0 Å². The number of nitrogens with zero attached hydrogens (tertiary/aromatic N) is 1. The molecule has 124 valence electrons. The minimum Gasteiger partial charge on any atom is -0.290 e. The maximum Gasteiger partial charge on any atom is 0.285 e. The highest BCUT2D eigenvalue weighted by Crippen LogP contribution is 2.35. The molecule has 0 fully saturated rings. The molecule has 0 radical (unpaired) electrons. The summed E-state index contributed by atoms with van der Waals surface area (Å²) in [7, 11) is 0. The molecule has 3 rings (SSSR count). The number of hydrogen-bond donors (Lipinski definition) is 0. The van der Waals surface area contributed by atoms with E-state index in [2.05, 4.69) is 0 Å². The summed E-state index contributed by atoms with van der Waals surface area (Å²) >= 11 is 0. The van der Waals surface area contributed by atoms with Gasteiger partial charge in [0.1, 0.15) is 5.60 Å². The van der Waals surface area contributed by atoms with Gasteiger partial charge in [0, 0.05) is 5.57 Å². The zero-order chi connectivity index (χ0) is 17.7. The van der Waals surface area contributed by atoms with Gasteiger partial charge < -0.3 is 0 Å². The van der Waals surface area contributed by atoms with Crippen LogP contribution in [0.4, 0.5) is 0 Å². The van der Waals surface area contributed by atoms with Crippen LogP contribution in [0.25, 0.3) is 0 Å². The SMILES string of the molecule is CC1(ON2C(=O)c3ccccc3C2=O)C=CC(=O)C(C(C)(C)C)=C1. The van der Waals surface area contributed by atoms with Crippen molar-refractivity contribution in [2.75, 3.05) is 0 Å². The Bertz CT molecular complexity index is 778. The third-order valence-corrected chi connectivity index (χ3v) is 4.11. The van der Waals surface area contributed by atoms with Gasteiger partial charge in [-0.3, -0.25) is 14.4 Å². The molecule has 2 amide bonds. The lowest BCUT2D eigenvalue weighted by Crippen LogP contribution is -2.41. The average molecular weight is 325 g/mol. The molecule has 1 unspecified atom stereocenters. The largest absolute Gasteiger partial charge is 0.290 e. The zero-order valence-electron chi connectivity index (χ0n) is 14.1. The van der Waals surface area contributed by atoms with Crippen molar-refractivity contribution < 1.29 is 19.2 Å². The third-order valence-electron chi connectivity index (χ3n) is 4.11. The normalized spacial score (nSPS) is 23.6. The number of allylic oxidation sites excluding steroid dienone is 2. The molecular weight excluding hydrogens is 306 g/mol. The minimum absolute atomic E-state index is 0.0917. The fourth-order valence-electron chi connectivity index (χ4n) is 2.83. The summed E-state index contributed by atoms with van der Waals surface area (Å²) in [6, 6.07) is 6.59. The van der Waals surface area contributed by atoms with E-state index >= 15 is 0 Å². The van der Waals surface area contributed by atoms with E-state index in [1.54, 1.807) is 43.3 Å². The topological polar surface area (TPSA) is 63.7 Å². The van der Waals surface area contributed by atoms with Crippen molar-refractivity contribution >= 4 is 17.6 Å². The van der Waals surface area contributed by atoms with Crippen molar-refractivity contribution in [3.05, 3.63) is 59.2 Å². The monoisotopic (exact) mass is 325 g/mol. The van der Waals surface area contributed by atoms with Crippen molar-refractivity contribution in [2.24, 2.45) is 5.41 Å². The summed E-state index contributed by atoms with van der Waals surface area (Å²) in [5, 5.41) is 0.779. The molecule has 5 nitrogen and oxygen atoms in total. The van der Waals surface area contributed by atoms with Gasteiger partial charge in [0.15, 0.2) is 5.78 Å². The Balaban J connectivity index is 1.93. The smallest absolute Gasteiger partial charge is 0.285 e. The van der Waals surface area contributed by atoms with Crippen molar-refractivity contribution in [1.29, 1.82) is 0 Å². The number of hydroxylamine groups is 2. The molecule has 0 spiro atoms. The van der Waals surface area contributed by atoms with Gasteiger partial charge in [-0.15, -0.1) is 5.06 Å². The van der Waals surface area contributed by atoms with Crippen LogP contribution in [0.5, 0.6) is 0 Å². The molecule has 2 aliphatic rings. The van der Waals surface area contributed by atoms with Crippen molar-refractivity contribution in [3.63, 3.8) is 0 Å². The second-order valence-electron chi connectivity index (χ2n) is 7.23. The molecule has 0 saturated carbocycles. The fraction of sp³-hybridized carbons (Fsp3) is 0.316. The van der Waals surface area contributed by atoms with Gasteiger partial charge in [-0.2, -0.15) is 0 Å². The Morgan fingerprint density at radius 3 is 2.04 bits per heavy atom. The van der Waals surface area contributed by atoms with E-state index in [1.165, 1.54) is 6.08 Å². The molecule has 1 atom stereocenters. The summed E-state index contributed by atoms with van der Waals surface area (Å²) in [6.45, 7) is 7.50. The number of amides is 2. The minimum atomic E-state index is -1.05. The van der Waals surface area contributed by atoms with E-state index in [0.717, 1.165) is 5.06 Å².